The predicted octanol–water partition coefficient (Wildman–Crippen LogP) is 2.64. The minimum absolute atomic E-state index is 0.305. The van der Waals surface area contributed by atoms with Crippen LogP contribution in [0.5, 0.6) is 0 Å². The van der Waals surface area contributed by atoms with Crippen molar-refractivity contribution in [3.8, 4) is 0 Å². The quantitative estimate of drug-likeness (QED) is 0.876. The Labute approximate surface area is 121 Å². The van der Waals surface area contributed by atoms with Gasteiger partial charge in [0.2, 0.25) is 0 Å². The van der Waals surface area contributed by atoms with Crippen LogP contribution < -0.4 is 5.73 Å². The molecule has 0 saturated carbocycles. The van der Waals surface area contributed by atoms with Crippen LogP contribution in [0.2, 0.25) is 0 Å². The van der Waals surface area contributed by atoms with Gasteiger partial charge in [0.25, 0.3) is 0 Å². The first-order chi connectivity index (χ1) is 9.72. The normalized spacial score (nSPS) is 14.2. The molecule has 2 unspecified atom stereocenters. The average Bonchev–Trinajstić information content (AvgIpc) is 2.49. The Morgan fingerprint density at radius 3 is 2.40 bits per heavy atom. The molecule has 1 heterocycles. The summed E-state index contributed by atoms with van der Waals surface area (Å²) in [5.41, 5.74) is 8.41. The molecule has 20 heavy (non-hydrogen) atoms. The Morgan fingerprint density at radius 2 is 1.80 bits per heavy atom. The third kappa shape index (κ3) is 3.65. The van der Waals surface area contributed by atoms with Crippen LogP contribution in [0.4, 0.5) is 0 Å². The highest BCUT2D eigenvalue weighted by Crippen LogP contribution is 2.22. The van der Waals surface area contributed by atoms with Gasteiger partial charge in [0.15, 0.2) is 0 Å². The number of benzene rings is 1. The van der Waals surface area contributed by atoms with Crippen LogP contribution >= 0.6 is 0 Å². The van der Waals surface area contributed by atoms with E-state index >= 15 is 0 Å². The van der Waals surface area contributed by atoms with Gasteiger partial charge < -0.3 is 5.73 Å². The number of rotatable bonds is 6. The topological polar surface area (TPSA) is 42.1 Å². The minimum atomic E-state index is 0.305. The summed E-state index contributed by atoms with van der Waals surface area (Å²) in [7, 11) is 2.12. The van der Waals surface area contributed by atoms with Gasteiger partial charge in [-0.3, -0.25) is 9.88 Å². The van der Waals surface area contributed by atoms with Gasteiger partial charge in [-0.2, -0.15) is 0 Å². The summed E-state index contributed by atoms with van der Waals surface area (Å²) in [6.45, 7) is 3.70. The summed E-state index contributed by atoms with van der Waals surface area (Å²) in [5, 5.41) is 0. The number of likely N-dealkylation sites (N-methyl/N-ethyl adjacent to an activating group) is 1. The zero-order valence-electron chi connectivity index (χ0n) is 12.2. The molecule has 2 atom stereocenters. The summed E-state index contributed by atoms with van der Waals surface area (Å²) in [6, 6.07) is 16.9. The number of hydrogen-bond donors (Lipinski definition) is 1. The molecule has 0 radical (unpaired) electrons. The third-order valence-corrected chi connectivity index (χ3v) is 3.85. The molecule has 2 aromatic rings. The second-order valence-corrected chi connectivity index (χ2v) is 5.24. The van der Waals surface area contributed by atoms with Gasteiger partial charge in [-0.1, -0.05) is 43.3 Å². The molecule has 0 bridgehead atoms. The maximum Gasteiger partial charge on any atom is 0.0543 e. The molecule has 3 heteroatoms. The lowest BCUT2D eigenvalue weighted by molar-refractivity contribution is 0.210. The lowest BCUT2D eigenvalue weighted by Crippen LogP contribution is -2.41. The fourth-order valence-electron chi connectivity index (χ4n) is 2.61. The van der Waals surface area contributed by atoms with Gasteiger partial charge in [-0.25, -0.2) is 0 Å². The number of hydrogen-bond acceptors (Lipinski definition) is 3. The first-order valence-electron chi connectivity index (χ1n) is 7.07. The summed E-state index contributed by atoms with van der Waals surface area (Å²) in [4.78, 5) is 6.68. The molecular weight excluding hydrogens is 246 g/mol. The minimum Gasteiger partial charge on any atom is -0.329 e. The highest BCUT2D eigenvalue weighted by atomic mass is 15.1. The molecule has 0 spiro atoms. The van der Waals surface area contributed by atoms with Crippen molar-refractivity contribution in [3.05, 3.63) is 66.0 Å². The van der Waals surface area contributed by atoms with Crippen molar-refractivity contribution in [1.29, 1.82) is 0 Å². The zero-order chi connectivity index (χ0) is 14.4. The van der Waals surface area contributed by atoms with E-state index in [2.05, 4.69) is 54.2 Å². The number of nitrogens with zero attached hydrogens (tertiary/aromatic N) is 2. The lowest BCUT2D eigenvalue weighted by Gasteiger charge is -2.32. The Morgan fingerprint density at radius 1 is 1.10 bits per heavy atom. The molecule has 1 aromatic heterocycles. The van der Waals surface area contributed by atoms with Crippen molar-refractivity contribution < 1.29 is 0 Å². The van der Waals surface area contributed by atoms with E-state index in [1.54, 1.807) is 0 Å². The van der Waals surface area contributed by atoms with E-state index < -0.39 is 0 Å². The van der Waals surface area contributed by atoms with Crippen molar-refractivity contribution in [3.63, 3.8) is 0 Å². The summed E-state index contributed by atoms with van der Waals surface area (Å²) < 4.78 is 0. The van der Waals surface area contributed by atoms with Gasteiger partial charge in [-0.15, -0.1) is 0 Å². The standard InChI is InChI=1S/C17H23N3/c1-14(15-8-4-3-5-9-15)17(12-18)20(2)13-16-10-6-7-11-19-16/h3-11,14,17H,12-13,18H2,1-2H3. The summed E-state index contributed by atoms with van der Waals surface area (Å²) in [5.74, 6) is 0.398. The van der Waals surface area contributed by atoms with E-state index in [4.69, 9.17) is 5.73 Å². The van der Waals surface area contributed by atoms with E-state index in [9.17, 15) is 0 Å². The zero-order valence-corrected chi connectivity index (χ0v) is 12.2. The fourth-order valence-corrected chi connectivity index (χ4v) is 2.61. The summed E-state index contributed by atoms with van der Waals surface area (Å²) >= 11 is 0. The second kappa shape index (κ2) is 7.17. The molecule has 0 aliphatic carbocycles. The molecular formula is C17H23N3. The molecule has 1 aromatic carbocycles. The molecule has 0 saturated heterocycles. The Balaban J connectivity index is 2.07. The van der Waals surface area contributed by atoms with Crippen molar-refractivity contribution in [1.82, 2.24) is 9.88 Å². The van der Waals surface area contributed by atoms with Crippen LogP contribution in [0.1, 0.15) is 24.1 Å². The van der Waals surface area contributed by atoms with Crippen molar-refractivity contribution in [2.45, 2.75) is 25.4 Å². The van der Waals surface area contributed by atoms with Gasteiger partial charge >= 0.3 is 0 Å². The molecule has 3 nitrogen and oxygen atoms in total. The van der Waals surface area contributed by atoms with Crippen LogP contribution in [-0.2, 0) is 6.54 Å². The average molecular weight is 269 g/mol. The molecule has 106 valence electrons. The van der Waals surface area contributed by atoms with Crippen LogP contribution in [0, 0.1) is 0 Å². The largest absolute Gasteiger partial charge is 0.329 e. The SMILES string of the molecule is CC(c1ccccc1)C(CN)N(C)Cc1ccccn1. The van der Waals surface area contributed by atoms with Crippen LogP contribution in [-0.4, -0.2) is 29.5 Å². The molecule has 2 N–H and O–H groups in total. The van der Waals surface area contributed by atoms with E-state index in [0.717, 1.165) is 12.2 Å². The van der Waals surface area contributed by atoms with E-state index in [0.29, 0.717) is 18.5 Å². The third-order valence-electron chi connectivity index (χ3n) is 3.85. The fraction of sp³-hybridized carbons (Fsp3) is 0.353. The summed E-state index contributed by atoms with van der Waals surface area (Å²) in [6.07, 6.45) is 1.83. The van der Waals surface area contributed by atoms with E-state index in [-0.39, 0.29) is 0 Å². The van der Waals surface area contributed by atoms with E-state index in [1.165, 1.54) is 5.56 Å². The first-order valence-corrected chi connectivity index (χ1v) is 7.07. The van der Waals surface area contributed by atoms with Gasteiger partial charge in [0.05, 0.1) is 5.69 Å². The van der Waals surface area contributed by atoms with Crippen molar-refractivity contribution >= 4 is 0 Å². The highest BCUT2D eigenvalue weighted by molar-refractivity contribution is 5.20. The highest BCUT2D eigenvalue weighted by Gasteiger charge is 2.22. The van der Waals surface area contributed by atoms with Gasteiger partial charge in [0.1, 0.15) is 0 Å². The van der Waals surface area contributed by atoms with Crippen LogP contribution in [0.25, 0.3) is 0 Å². The molecule has 0 aliphatic rings. The monoisotopic (exact) mass is 269 g/mol. The van der Waals surface area contributed by atoms with Gasteiger partial charge in [-0.05, 0) is 30.7 Å². The van der Waals surface area contributed by atoms with Crippen LogP contribution in [0.3, 0.4) is 0 Å². The van der Waals surface area contributed by atoms with E-state index in [1.807, 2.05) is 24.4 Å². The predicted molar refractivity (Wildman–Crippen MR) is 83.4 cm³/mol. The Kier molecular flexibility index (Phi) is 5.27. The maximum atomic E-state index is 6.00. The molecule has 0 aliphatic heterocycles. The second-order valence-electron chi connectivity index (χ2n) is 5.24. The smallest absolute Gasteiger partial charge is 0.0543 e. The maximum absolute atomic E-state index is 6.00. The lowest BCUT2D eigenvalue weighted by atomic mass is 9.92. The Hall–Kier alpha value is -1.71. The number of nitrogens with two attached hydrogens (primary N) is 1. The Bertz CT molecular complexity index is 498. The number of pyridine rings is 1. The molecule has 0 fully saturated rings. The molecule has 0 amide bonds. The van der Waals surface area contributed by atoms with Gasteiger partial charge in [0, 0.05) is 25.3 Å². The van der Waals surface area contributed by atoms with Crippen molar-refractivity contribution in [2.75, 3.05) is 13.6 Å². The first kappa shape index (κ1) is 14.7. The number of aromatic nitrogens is 1. The molecule has 2 rings (SSSR count). The van der Waals surface area contributed by atoms with Crippen LogP contribution in [0.15, 0.2) is 54.7 Å². The van der Waals surface area contributed by atoms with Crippen molar-refractivity contribution in [2.24, 2.45) is 5.73 Å².